The van der Waals surface area contributed by atoms with E-state index in [0.29, 0.717) is 11.3 Å². The molecule has 2 rings (SSSR count). The van der Waals surface area contributed by atoms with Gasteiger partial charge in [-0.25, -0.2) is 8.78 Å². The molecule has 0 fully saturated rings. The Morgan fingerprint density at radius 1 is 1.32 bits per heavy atom. The minimum absolute atomic E-state index is 0.232. The van der Waals surface area contributed by atoms with Crippen molar-refractivity contribution in [3.63, 3.8) is 0 Å². The van der Waals surface area contributed by atoms with Crippen molar-refractivity contribution in [2.75, 3.05) is 0 Å². The fraction of sp³-hybridized carbons (Fsp3) is 0.214. The number of nitrogens with one attached hydrogen (secondary N) is 1. The molecule has 1 aromatic heterocycles. The molecule has 0 saturated carbocycles. The molecule has 1 aromatic carbocycles. The van der Waals surface area contributed by atoms with Gasteiger partial charge in [0.25, 0.3) is 5.91 Å². The second-order valence-electron chi connectivity index (χ2n) is 4.25. The Balaban J connectivity index is 2.15. The van der Waals surface area contributed by atoms with E-state index in [9.17, 15) is 13.6 Å². The van der Waals surface area contributed by atoms with Crippen molar-refractivity contribution in [2.24, 2.45) is 0 Å². The predicted octanol–water partition coefficient (Wildman–Crippen LogP) is 3.36. The highest BCUT2D eigenvalue weighted by molar-refractivity contribution is 5.95. The lowest BCUT2D eigenvalue weighted by Crippen LogP contribution is -2.27. The van der Waals surface area contributed by atoms with Crippen LogP contribution in [0.1, 0.15) is 34.6 Å². The number of amides is 1. The Kier molecular flexibility index (Phi) is 3.64. The Labute approximate surface area is 109 Å². The predicted molar refractivity (Wildman–Crippen MR) is 65.7 cm³/mol. The summed E-state index contributed by atoms with van der Waals surface area (Å²) in [6.45, 7) is 3.29. The third-order valence-electron chi connectivity index (χ3n) is 2.88. The zero-order chi connectivity index (χ0) is 14.0. The summed E-state index contributed by atoms with van der Waals surface area (Å²) >= 11 is 0. The summed E-state index contributed by atoms with van der Waals surface area (Å²) in [5, 5.41) is 2.64. The molecule has 1 unspecified atom stereocenters. The van der Waals surface area contributed by atoms with Gasteiger partial charge in [-0.3, -0.25) is 4.79 Å². The lowest BCUT2D eigenvalue weighted by molar-refractivity contribution is 0.0938. The molecule has 19 heavy (non-hydrogen) atoms. The first-order valence-electron chi connectivity index (χ1n) is 5.79. The van der Waals surface area contributed by atoms with Gasteiger partial charge in [0.2, 0.25) is 0 Å². The maximum atomic E-state index is 13.6. The monoisotopic (exact) mass is 265 g/mol. The van der Waals surface area contributed by atoms with Gasteiger partial charge in [-0.1, -0.05) is 6.07 Å². The topological polar surface area (TPSA) is 42.2 Å². The van der Waals surface area contributed by atoms with Gasteiger partial charge in [-0.05, 0) is 26.0 Å². The molecule has 0 aliphatic carbocycles. The molecule has 5 heteroatoms. The zero-order valence-corrected chi connectivity index (χ0v) is 10.5. The molecule has 3 nitrogen and oxygen atoms in total. The normalized spacial score (nSPS) is 12.2. The van der Waals surface area contributed by atoms with Crippen LogP contribution in [0.15, 0.2) is 34.9 Å². The highest BCUT2D eigenvalue weighted by atomic mass is 19.1. The van der Waals surface area contributed by atoms with E-state index in [4.69, 9.17) is 4.42 Å². The average Bonchev–Trinajstić information content (AvgIpc) is 2.75. The van der Waals surface area contributed by atoms with Gasteiger partial charge in [0.1, 0.15) is 17.4 Å². The van der Waals surface area contributed by atoms with Crippen LogP contribution in [-0.2, 0) is 0 Å². The first-order chi connectivity index (χ1) is 8.99. The lowest BCUT2D eigenvalue weighted by atomic mass is 10.1. The van der Waals surface area contributed by atoms with Crippen molar-refractivity contribution >= 4 is 5.91 Å². The largest absolute Gasteiger partial charge is 0.469 e. The lowest BCUT2D eigenvalue weighted by Gasteiger charge is -2.14. The van der Waals surface area contributed by atoms with Crippen LogP contribution in [0, 0.1) is 18.6 Å². The summed E-state index contributed by atoms with van der Waals surface area (Å²) in [7, 11) is 0. The number of carbonyl (C=O) groups excluding carboxylic acids is 1. The molecule has 0 radical (unpaired) electrons. The summed E-state index contributed by atoms with van der Waals surface area (Å²) in [5.41, 5.74) is 0.630. The quantitative estimate of drug-likeness (QED) is 0.924. The van der Waals surface area contributed by atoms with Crippen molar-refractivity contribution < 1.29 is 18.0 Å². The van der Waals surface area contributed by atoms with Crippen LogP contribution in [0.5, 0.6) is 0 Å². The average molecular weight is 265 g/mol. The van der Waals surface area contributed by atoms with E-state index < -0.39 is 17.7 Å². The van der Waals surface area contributed by atoms with E-state index in [2.05, 4.69) is 5.32 Å². The van der Waals surface area contributed by atoms with Crippen molar-refractivity contribution in [3.05, 3.63) is 59.1 Å². The van der Waals surface area contributed by atoms with Gasteiger partial charge >= 0.3 is 0 Å². The molecule has 0 aliphatic rings. The van der Waals surface area contributed by atoms with Crippen molar-refractivity contribution in [2.45, 2.75) is 19.9 Å². The number of benzene rings is 1. The molecule has 2 aromatic rings. The van der Waals surface area contributed by atoms with Crippen molar-refractivity contribution in [1.29, 1.82) is 0 Å². The second-order valence-corrected chi connectivity index (χ2v) is 4.25. The number of hydrogen-bond donors (Lipinski definition) is 1. The van der Waals surface area contributed by atoms with Gasteiger partial charge < -0.3 is 9.73 Å². The van der Waals surface area contributed by atoms with Crippen molar-refractivity contribution in [1.82, 2.24) is 5.32 Å². The molecule has 0 bridgehead atoms. The molecule has 1 amide bonds. The van der Waals surface area contributed by atoms with Crippen LogP contribution in [0.25, 0.3) is 0 Å². The molecule has 100 valence electrons. The molecular formula is C14H13F2NO2. The summed E-state index contributed by atoms with van der Waals surface area (Å²) in [4.78, 5) is 11.9. The number of rotatable bonds is 3. The first kappa shape index (κ1) is 13.3. The third kappa shape index (κ3) is 2.81. The van der Waals surface area contributed by atoms with Crippen LogP contribution < -0.4 is 5.32 Å². The van der Waals surface area contributed by atoms with Gasteiger partial charge in [0, 0.05) is 11.6 Å². The Bertz CT molecular complexity index is 607. The molecule has 1 heterocycles. The van der Waals surface area contributed by atoms with Crippen LogP contribution >= 0.6 is 0 Å². The number of furan rings is 1. The van der Waals surface area contributed by atoms with E-state index >= 15 is 0 Å². The minimum atomic E-state index is -0.684. The van der Waals surface area contributed by atoms with Gasteiger partial charge in [0.15, 0.2) is 0 Å². The molecular weight excluding hydrogens is 252 g/mol. The Morgan fingerprint density at radius 3 is 2.63 bits per heavy atom. The zero-order valence-electron chi connectivity index (χ0n) is 10.5. The highest BCUT2D eigenvalue weighted by Gasteiger charge is 2.17. The summed E-state index contributed by atoms with van der Waals surface area (Å²) < 4.78 is 31.4. The van der Waals surface area contributed by atoms with Gasteiger partial charge in [-0.2, -0.15) is 0 Å². The number of carbonyl (C=O) groups is 1. The smallest absolute Gasteiger partial charge is 0.255 e. The fourth-order valence-corrected chi connectivity index (χ4v) is 1.83. The molecule has 0 aliphatic heterocycles. The first-order valence-corrected chi connectivity index (χ1v) is 5.79. The Hall–Kier alpha value is -2.17. The summed E-state index contributed by atoms with van der Waals surface area (Å²) in [6, 6.07) is 4.24. The van der Waals surface area contributed by atoms with Crippen molar-refractivity contribution in [3.8, 4) is 0 Å². The molecule has 0 saturated heterocycles. The Morgan fingerprint density at radius 2 is 2.05 bits per heavy atom. The van der Waals surface area contributed by atoms with Crippen LogP contribution in [0.3, 0.4) is 0 Å². The van der Waals surface area contributed by atoms with Crippen LogP contribution in [-0.4, -0.2) is 5.91 Å². The number of halogens is 2. The van der Waals surface area contributed by atoms with E-state index in [1.54, 1.807) is 19.9 Å². The highest BCUT2D eigenvalue weighted by Crippen LogP contribution is 2.19. The molecule has 1 atom stereocenters. The van der Waals surface area contributed by atoms with E-state index in [0.717, 1.165) is 12.1 Å². The maximum Gasteiger partial charge on any atom is 0.255 e. The maximum absolute atomic E-state index is 13.6. The van der Waals surface area contributed by atoms with E-state index in [1.165, 1.54) is 12.3 Å². The number of hydrogen-bond acceptors (Lipinski definition) is 2. The SMILES string of the molecule is Cc1occc1C(=O)NC(C)c1ccc(F)cc1F. The molecule has 0 spiro atoms. The second kappa shape index (κ2) is 5.22. The van der Waals surface area contributed by atoms with Crippen LogP contribution in [0.2, 0.25) is 0 Å². The van der Waals surface area contributed by atoms with Gasteiger partial charge in [0.05, 0.1) is 17.9 Å². The summed E-state index contributed by atoms with van der Waals surface area (Å²) in [5.74, 6) is -1.20. The van der Waals surface area contributed by atoms with E-state index in [1.807, 2.05) is 0 Å². The molecule has 1 N–H and O–H groups in total. The standard InChI is InChI=1S/C14H13F2NO2/c1-8(11-4-3-10(15)7-13(11)16)17-14(18)12-5-6-19-9(12)2/h3-8H,1-2H3,(H,17,18). The summed E-state index contributed by atoms with van der Waals surface area (Å²) in [6.07, 6.45) is 1.41. The fourth-order valence-electron chi connectivity index (χ4n) is 1.83. The third-order valence-corrected chi connectivity index (χ3v) is 2.88. The number of aryl methyl sites for hydroxylation is 1. The van der Waals surface area contributed by atoms with E-state index in [-0.39, 0.29) is 11.5 Å². The minimum Gasteiger partial charge on any atom is -0.469 e. The van der Waals surface area contributed by atoms with Gasteiger partial charge in [-0.15, -0.1) is 0 Å². The van der Waals surface area contributed by atoms with Crippen LogP contribution in [0.4, 0.5) is 8.78 Å².